The summed E-state index contributed by atoms with van der Waals surface area (Å²) in [5.74, 6) is -5.44. The molecule has 0 saturated heterocycles. The first-order valence-corrected chi connectivity index (χ1v) is 7.66. The third-order valence-electron chi connectivity index (χ3n) is 2.22. The van der Waals surface area contributed by atoms with E-state index in [1.54, 1.807) is 0 Å². The van der Waals surface area contributed by atoms with Gasteiger partial charge in [-0.15, -0.1) is 4.89 Å². The number of benzene rings is 1. The van der Waals surface area contributed by atoms with Crippen molar-refractivity contribution in [2.45, 2.75) is 17.0 Å². The maximum absolute atomic E-state index is 13.3. The molecule has 0 radical (unpaired) electrons. The van der Waals surface area contributed by atoms with Crippen molar-refractivity contribution < 1.29 is 48.5 Å². The second-order valence-corrected chi connectivity index (χ2v) is 5.94. The van der Waals surface area contributed by atoms with Crippen molar-refractivity contribution in [3.8, 4) is 0 Å². The third kappa shape index (κ3) is 4.17. The monoisotopic (exact) mass is 369 g/mol. The maximum atomic E-state index is 13.3. The highest BCUT2D eigenvalue weighted by molar-refractivity contribution is 7.86. The Balaban J connectivity index is 3.25. The first-order chi connectivity index (χ1) is 9.89. The summed E-state index contributed by atoms with van der Waals surface area (Å²) in [5, 5.41) is 0. The molecule has 1 aromatic carbocycles. The topological polar surface area (TPSA) is 89.9 Å². The molecule has 13 heteroatoms. The van der Waals surface area contributed by atoms with Crippen molar-refractivity contribution in [2.75, 3.05) is 6.79 Å². The molecule has 0 bridgehead atoms. The van der Waals surface area contributed by atoms with E-state index in [-0.39, 0.29) is 6.07 Å². The van der Waals surface area contributed by atoms with Gasteiger partial charge in [-0.3, -0.25) is 0 Å². The number of hydrogen-bond donors (Lipinski definition) is 1. The molecule has 0 aromatic heterocycles. The smallest absolute Gasteiger partial charge is 0.232 e. The summed E-state index contributed by atoms with van der Waals surface area (Å²) in [6.45, 7) is -1.33. The van der Waals surface area contributed by atoms with Crippen LogP contribution in [0.15, 0.2) is 29.2 Å². The van der Waals surface area contributed by atoms with Crippen LogP contribution in [0.25, 0.3) is 0 Å². The highest BCUT2D eigenvalue weighted by Crippen LogP contribution is 2.46. The van der Waals surface area contributed by atoms with E-state index in [1.807, 2.05) is 0 Å². The van der Waals surface area contributed by atoms with E-state index in [9.17, 15) is 34.9 Å². The molecule has 1 atom stereocenters. The van der Waals surface area contributed by atoms with E-state index < -0.39 is 47.7 Å². The zero-order valence-electron chi connectivity index (χ0n) is 10.3. The Morgan fingerprint density at radius 1 is 1.14 bits per heavy atom. The Morgan fingerprint density at radius 2 is 1.68 bits per heavy atom. The molecular formula is C9H7F5O6PS+. The Kier molecular flexibility index (Phi) is 5.57. The van der Waals surface area contributed by atoms with Crippen LogP contribution in [0.5, 0.6) is 0 Å². The van der Waals surface area contributed by atoms with Crippen LogP contribution in [0.1, 0.15) is 5.56 Å². The van der Waals surface area contributed by atoms with Gasteiger partial charge >= 0.3 is 20.4 Å². The third-order valence-corrected chi connectivity index (χ3v) is 3.84. The van der Waals surface area contributed by atoms with Crippen LogP contribution in [-0.4, -0.2) is 26.3 Å². The SMILES string of the molecule is O=[P+](O)OCOS(=O)(=O)c1ccccc1C(F)(F)C(F)(F)F. The van der Waals surface area contributed by atoms with Gasteiger partial charge in [0, 0.05) is 4.57 Å². The minimum Gasteiger partial charge on any atom is -0.232 e. The fourth-order valence-corrected chi connectivity index (χ4v) is 2.52. The number of alkyl halides is 5. The lowest BCUT2D eigenvalue weighted by Gasteiger charge is -2.21. The van der Waals surface area contributed by atoms with Gasteiger partial charge < -0.3 is 0 Å². The van der Waals surface area contributed by atoms with Gasteiger partial charge in [0.05, 0.1) is 5.56 Å². The summed E-state index contributed by atoms with van der Waals surface area (Å²) in [7, 11) is -8.31. The van der Waals surface area contributed by atoms with E-state index in [0.717, 1.165) is 12.1 Å². The van der Waals surface area contributed by atoms with Gasteiger partial charge in [-0.1, -0.05) is 22.7 Å². The molecule has 0 fully saturated rings. The van der Waals surface area contributed by atoms with Gasteiger partial charge in [0.15, 0.2) is 0 Å². The van der Waals surface area contributed by atoms with E-state index in [2.05, 4.69) is 8.71 Å². The second-order valence-electron chi connectivity index (χ2n) is 3.63. The molecule has 0 aliphatic heterocycles. The molecule has 1 rings (SSSR count). The normalized spacial score (nSPS) is 14.0. The predicted octanol–water partition coefficient (Wildman–Crippen LogP) is 2.67. The van der Waals surface area contributed by atoms with Crippen molar-refractivity contribution in [3.63, 3.8) is 0 Å². The van der Waals surface area contributed by atoms with Crippen LogP contribution < -0.4 is 0 Å². The average molecular weight is 369 g/mol. The molecule has 0 spiro atoms. The molecule has 1 aromatic rings. The summed E-state index contributed by atoms with van der Waals surface area (Å²) in [6.07, 6.45) is -6.02. The highest BCUT2D eigenvalue weighted by Gasteiger charge is 2.60. The van der Waals surface area contributed by atoms with Gasteiger partial charge in [0.2, 0.25) is 6.79 Å². The molecule has 0 saturated carbocycles. The van der Waals surface area contributed by atoms with Gasteiger partial charge in [0.1, 0.15) is 4.90 Å². The number of halogens is 5. The lowest BCUT2D eigenvalue weighted by molar-refractivity contribution is -0.290. The molecular weight excluding hydrogens is 362 g/mol. The van der Waals surface area contributed by atoms with Crippen molar-refractivity contribution in [1.82, 2.24) is 0 Å². The molecule has 124 valence electrons. The standard InChI is InChI=1S/C9H6F5O6PS/c10-8(11,9(12,13)14)6-3-1-2-4-7(6)22(17,18)20-5-19-21(15)16/h1-4H,5H2/p+1. The van der Waals surface area contributed by atoms with Crippen LogP contribution in [-0.2, 0) is 29.3 Å². The molecule has 1 N–H and O–H groups in total. The summed E-state index contributed by atoms with van der Waals surface area (Å²) < 4.78 is 105. The summed E-state index contributed by atoms with van der Waals surface area (Å²) in [6, 6.07) is 2.44. The van der Waals surface area contributed by atoms with E-state index in [0.29, 0.717) is 6.07 Å². The fourth-order valence-electron chi connectivity index (χ4n) is 1.29. The average Bonchev–Trinajstić information content (AvgIpc) is 2.36. The number of rotatable bonds is 6. The minimum absolute atomic E-state index is 0.275. The fraction of sp³-hybridized carbons (Fsp3) is 0.333. The lowest BCUT2D eigenvalue weighted by atomic mass is 10.1. The van der Waals surface area contributed by atoms with Crippen LogP contribution in [0.3, 0.4) is 0 Å². The predicted molar refractivity (Wildman–Crippen MR) is 60.4 cm³/mol. The Hall–Kier alpha value is -1.20. The second kappa shape index (κ2) is 6.50. The number of hydrogen-bond acceptors (Lipinski definition) is 5. The first-order valence-electron chi connectivity index (χ1n) is 5.12. The van der Waals surface area contributed by atoms with Gasteiger partial charge in [0.25, 0.3) is 10.1 Å². The maximum Gasteiger partial charge on any atom is 0.697 e. The first kappa shape index (κ1) is 18.8. The van der Waals surface area contributed by atoms with Crippen molar-refractivity contribution >= 4 is 18.4 Å². The Bertz CT molecular complexity index is 659. The van der Waals surface area contributed by atoms with Gasteiger partial charge in [-0.05, 0) is 6.07 Å². The molecule has 0 heterocycles. The lowest BCUT2D eigenvalue weighted by Crippen LogP contribution is -2.35. The zero-order chi connectivity index (χ0) is 17.2. The summed E-state index contributed by atoms with van der Waals surface area (Å²) >= 11 is 0. The van der Waals surface area contributed by atoms with Gasteiger partial charge in [-0.2, -0.15) is 30.4 Å². The van der Waals surface area contributed by atoms with E-state index in [1.165, 1.54) is 0 Å². The summed E-state index contributed by atoms with van der Waals surface area (Å²) in [4.78, 5) is 6.82. The molecule has 6 nitrogen and oxygen atoms in total. The molecule has 0 aliphatic rings. The summed E-state index contributed by atoms with van der Waals surface area (Å²) in [5.41, 5.74) is -1.84. The van der Waals surface area contributed by atoms with Crippen LogP contribution in [0.4, 0.5) is 22.0 Å². The van der Waals surface area contributed by atoms with Crippen molar-refractivity contribution in [3.05, 3.63) is 29.8 Å². The van der Waals surface area contributed by atoms with Crippen molar-refractivity contribution in [2.24, 2.45) is 0 Å². The zero-order valence-corrected chi connectivity index (χ0v) is 12.0. The molecule has 0 amide bonds. The molecule has 22 heavy (non-hydrogen) atoms. The van der Waals surface area contributed by atoms with Crippen LogP contribution in [0, 0.1) is 0 Å². The Morgan fingerprint density at radius 3 is 2.18 bits per heavy atom. The minimum atomic E-state index is -6.02. The quantitative estimate of drug-likeness (QED) is 0.359. The van der Waals surface area contributed by atoms with Crippen molar-refractivity contribution in [1.29, 1.82) is 0 Å². The largest absolute Gasteiger partial charge is 0.697 e. The Labute approximate surface area is 121 Å². The van der Waals surface area contributed by atoms with Crippen LogP contribution >= 0.6 is 8.25 Å². The highest BCUT2D eigenvalue weighted by atomic mass is 32.2. The van der Waals surface area contributed by atoms with Crippen LogP contribution in [0.2, 0.25) is 0 Å². The molecule has 0 aliphatic carbocycles. The van der Waals surface area contributed by atoms with E-state index in [4.69, 9.17) is 4.89 Å². The van der Waals surface area contributed by atoms with Gasteiger partial charge in [-0.25, -0.2) is 4.18 Å². The van der Waals surface area contributed by atoms with E-state index >= 15 is 0 Å². The molecule has 1 unspecified atom stereocenters.